The van der Waals surface area contributed by atoms with Crippen molar-refractivity contribution in [3.05, 3.63) is 60.4 Å². The van der Waals surface area contributed by atoms with E-state index in [9.17, 15) is 13.2 Å². The van der Waals surface area contributed by atoms with Gasteiger partial charge in [-0.3, -0.25) is 9.78 Å². The van der Waals surface area contributed by atoms with Crippen molar-refractivity contribution in [1.82, 2.24) is 10.3 Å². The molecule has 0 radical (unpaired) electrons. The number of rotatable bonds is 7. The van der Waals surface area contributed by atoms with Crippen molar-refractivity contribution >= 4 is 15.7 Å². The van der Waals surface area contributed by atoms with Gasteiger partial charge in [0.05, 0.1) is 16.7 Å². The van der Waals surface area contributed by atoms with Crippen molar-refractivity contribution in [3.63, 3.8) is 0 Å². The average molecular weight is 388 g/mol. The van der Waals surface area contributed by atoms with Gasteiger partial charge >= 0.3 is 0 Å². The lowest BCUT2D eigenvalue weighted by Crippen LogP contribution is -2.36. The Morgan fingerprint density at radius 1 is 1.15 bits per heavy atom. The third-order valence-corrected chi connectivity index (χ3v) is 6.53. The number of ether oxygens (including phenoxy) is 1. The standard InChI is InChI=1S/C20H24N2O4S/c23-19(10-14-27(24,25)18-6-2-1-3-7-18)22-20(16-8-12-26-13-9-16)17-5-4-11-21-15-17/h1-7,11,15-16,20H,8-10,12-14H2,(H,22,23)/t20-/m0/s1. The fourth-order valence-electron chi connectivity index (χ4n) is 3.30. The molecule has 1 saturated heterocycles. The molecule has 0 aliphatic carbocycles. The molecule has 2 aromatic rings. The van der Waals surface area contributed by atoms with Crippen molar-refractivity contribution in [2.24, 2.45) is 5.92 Å². The molecule has 1 aliphatic heterocycles. The molecule has 0 saturated carbocycles. The Morgan fingerprint density at radius 3 is 2.56 bits per heavy atom. The highest BCUT2D eigenvalue weighted by Crippen LogP contribution is 2.29. The van der Waals surface area contributed by atoms with E-state index in [1.54, 1.807) is 42.7 Å². The Labute approximate surface area is 159 Å². The van der Waals surface area contributed by atoms with Crippen LogP contribution in [0.4, 0.5) is 0 Å². The zero-order chi connectivity index (χ0) is 19.1. The van der Waals surface area contributed by atoms with Crippen molar-refractivity contribution < 1.29 is 17.9 Å². The summed E-state index contributed by atoms with van der Waals surface area (Å²) in [5, 5.41) is 3.03. The van der Waals surface area contributed by atoms with Gasteiger partial charge in [0.15, 0.2) is 9.84 Å². The third-order valence-electron chi connectivity index (χ3n) is 4.80. The number of carbonyl (C=O) groups excluding carboxylic acids is 1. The summed E-state index contributed by atoms with van der Waals surface area (Å²) in [4.78, 5) is 16.9. The Bertz CT molecular complexity index is 835. The number of hydrogen-bond donors (Lipinski definition) is 1. The van der Waals surface area contributed by atoms with Crippen LogP contribution in [0, 0.1) is 5.92 Å². The smallest absolute Gasteiger partial charge is 0.221 e. The highest BCUT2D eigenvalue weighted by molar-refractivity contribution is 7.91. The maximum Gasteiger partial charge on any atom is 0.221 e. The molecule has 1 amide bonds. The molecule has 7 heteroatoms. The lowest BCUT2D eigenvalue weighted by Gasteiger charge is -2.31. The number of nitrogens with zero attached hydrogens (tertiary/aromatic N) is 1. The van der Waals surface area contributed by atoms with Crippen LogP contribution in [0.3, 0.4) is 0 Å². The van der Waals surface area contributed by atoms with Gasteiger partial charge in [0.25, 0.3) is 0 Å². The minimum absolute atomic E-state index is 0.0722. The minimum atomic E-state index is -3.47. The number of amides is 1. The van der Waals surface area contributed by atoms with E-state index in [-0.39, 0.29) is 34.9 Å². The van der Waals surface area contributed by atoms with Crippen LogP contribution in [0.5, 0.6) is 0 Å². The molecule has 0 unspecified atom stereocenters. The molecule has 1 aromatic carbocycles. The van der Waals surface area contributed by atoms with Crippen LogP contribution >= 0.6 is 0 Å². The first kappa shape index (κ1) is 19.5. The van der Waals surface area contributed by atoms with E-state index in [4.69, 9.17) is 4.74 Å². The van der Waals surface area contributed by atoms with Crippen molar-refractivity contribution in [3.8, 4) is 0 Å². The molecular formula is C20H24N2O4S. The van der Waals surface area contributed by atoms with E-state index in [0.29, 0.717) is 13.2 Å². The van der Waals surface area contributed by atoms with Gasteiger partial charge in [-0.1, -0.05) is 24.3 Å². The number of aromatic nitrogens is 1. The minimum Gasteiger partial charge on any atom is -0.381 e. The summed E-state index contributed by atoms with van der Waals surface area (Å²) in [6.07, 6.45) is 5.07. The maximum atomic E-state index is 12.5. The summed E-state index contributed by atoms with van der Waals surface area (Å²) >= 11 is 0. The molecule has 0 spiro atoms. The Balaban J connectivity index is 1.66. The SMILES string of the molecule is O=C(CCS(=O)(=O)c1ccccc1)N[C@H](c1cccnc1)C1CCOCC1. The largest absolute Gasteiger partial charge is 0.381 e. The normalized spacial score (nSPS) is 16.6. The number of carbonyl (C=O) groups is 1. The Hall–Kier alpha value is -2.25. The van der Waals surface area contributed by atoms with Crippen molar-refractivity contribution in [2.75, 3.05) is 19.0 Å². The van der Waals surface area contributed by atoms with E-state index >= 15 is 0 Å². The average Bonchev–Trinajstić information content (AvgIpc) is 2.72. The van der Waals surface area contributed by atoms with E-state index in [1.165, 1.54) is 0 Å². The second-order valence-electron chi connectivity index (χ2n) is 6.66. The number of nitrogens with one attached hydrogen (secondary N) is 1. The molecule has 144 valence electrons. The van der Waals surface area contributed by atoms with Crippen LogP contribution in [0.2, 0.25) is 0 Å². The predicted molar refractivity (Wildman–Crippen MR) is 102 cm³/mol. The second-order valence-corrected chi connectivity index (χ2v) is 8.77. The highest BCUT2D eigenvalue weighted by Gasteiger charge is 2.27. The third kappa shape index (κ3) is 5.37. The van der Waals surface area contributed by atoms with Crippen LogP contribution in [-0.4, -0.2) is 38.3 Å². The quantitative estimate of drug-likeness (QED) is 0.788. The van der Waals surface area contributed by atoms with Gasteiger partial charge in [-0.15, -0.1) is 0 Å². The molecule has 1 atom stereocenters. The van der Waals surface area contributed by atoms with Crippen LogP contribution in [-0.2, 0) is 19.4 Å². The zero-order valence-electron chi connectivity index (χ0n) is 15.1. The monoisotopic (exact) mass is 388 g/mol. The van der Waals surface area contributed by atoms with Gasteiger partial charge in [0, 0.05) is 32.0 Å². The molecule has 0 bridgehead atoms. The number of pyridine rings is 1. The van der Waals surface area contributed by atoms with Crippen LogP contribution in [0.25, 0.3) is 0 Å². The first-order valence-corrected chi connectivity index (χ1v) is 10.8. The van der Waals surface area contributed by atoms with E-state index < -0.39 is 9.84 Å². The van der Waals surface area contributed by atoms with Crippen LogP contribution < -0.4 is 5.32 Å². The lowest BCUT2D eigenvalue weighted by atomic mass is 9.87. The van der Waals surface area contributed by atoms with Gasteiger partial charge in [-0.2, -0.15) is 0 Å². The predicted octanol–water partition coefficient (Wildman–Crippen LogP) is 2.53. The Morgan fingerprint density at radius 2 is 1.89 bits per heavy atom. The van der Waals surface area contributed by atoms with Gasteiger partial charge in [-0.05, 0) is 42.5 Å². The zero-order valence-corrected chi connectivity index (χ0v) is 15.9. The summed E-state index contributed by atoms with van der Waals surface area (Å²) in [5.41, 5.74) is 0.934. The highest BCUT2D eigenvalue weighted by atomic mass is 32.2. The van der Waals surface area contributed by atoms with Crippen LogP contribution in [0.15, 0.2) is 59.8 Å². The molecule has 1 aromatic heterocycles. The molecule has 1 fully saturated rings. The summed E-state index contributed by atoms with van der Waals surface area (Å²) in [7, 11) is -3.47. The van der Waals surface area contributed by atoms with Crippen molar-refractivity contribution in [1.29, 1.82) is 0 Å². The fourth-order valence-corrected chi connectivity index (χ4v) is 4.56. The second kappa shape index (κ2) is 9.10. The van der Waals surface area contributed by atoms with Crippen molar-refractivity contribution in [2.45, 2.75) is 30.2 Å². The Kier molecular flexibility index (Phi) is 6.58. The number of benzene rings is 1. The number of hydrogen-bond acceptors (Lipinski definition) is 5. The van der Waals surface area contributed by atoms with Gasteiger partial charge in [-0.25, -0.2) is 8.42 Å². The molecule has 6 nitrogen and oxygen atoms in total. The molecule has 1 aliphatic rings. The fraction of sp³-hybridized carbons (Fsp3) is 0.400. The summed E-state index contributed by atoms with van der Waals surface area (Å²) in [5.74, 6) is -0.233. The van der Waals surface area contributed by atoms with E-state index in [2.05, 4.69) is 10.3 Å². The molecule has 1 N–H and O–H groups in total. The summed E-state index contributed by atoms with van der Waals surface area (Å²) in [6.45, 7) is 1.33. The van der Waals surface area contributed by atoms with E-state index in [0.717, 1.165) is 18.4 Å². The van der Waals surface area contributed by atoms with Gasteiger partial charge in [0.1, 0.15) is 0 Å². The summed E-state index contributed by atoms with van der Waals surface area (Å²) < 4.78 is 30.2. The summed E-state index contributed by atoms with van der Waals surface area (Å²) in [6, 6.07) is 11.8. The lowest BCUT2D eigenvalue weighted by molar-refractivity contribution is -0.122. The van der Waals surface area contributed by atoms with Gasteiger partial charge < -0.3 is 10.1 Å². The van der Waals surface area contributed by atoms with Gasteiger partial charge in [0.2, 0.25) is 5.91 Å². The first-order valence-electron chi connectivity index (χ1n) is 9.11. The first-order chi connectivity index (χ1) is 13.1. The molecule has 2 heterocycles. The molecular weight excluding hydrogens is 364 g/mol. The topological polar surface area (TPSA) is 85.4 Å². The van der Waals surface area contributed by atoms with Crippen LogP contribution in [0.1, 0.15) is 30.9 Å². The number of sulfone groups is 1. The maximum absolute atomic E-state index is 12.5. The molecule has 27 heavy (non-hydrogen) atoms. The molecule has 3 rings (SSSR count). The van der Waals surface area contributed by atoms with E-state index in [1.807, 2.05) is 12.1 Å².